The Bertz CT molecular complexity index is 1120. The molecule has 0 saturated carbocycles. The zero-order valence-corrected chi connectivity index (χ0v) is 20.5. The molecule has 1 aliphatic rings. The summed E-state index contributed by atoms with van der Waals surface area (Å²) in [4.78, 5) is 25.8. The first-order chi connectivity index (χ1) is 15.6. The predicted molar refractivity (Wildman–Crippen MR) is 130 cm³/mol. The highest BCUT2D eigenvalue weighted by Gasteiger charge is 2.33. The molecule has 1 atom stereocenters. The lowest BCUT2D eigenvalue weighted by Gasteiger charge is -2.31. The van der Waals surface area contributed by atoms with E-state index in [0.717, 1.165) is 17.5 Å². The van der Waals surface area contributed by atoms with Gasteiger partial charge in [0.05, 0.1) is 16.1 Å². The first-order valence-electron chi connectivity index (χ1n) is 11.4. The van der Waals surface area contributed by atoms with Crippen molar-refractivity contribution < 1.29 is 18.0 Å². The van der Waals surface area contributed by atoms with E-state index in [1.807, 2.05) is 26.8 Å². The molecule has 0 radical (unpaired) electrons. The van der Waals surface area contributed by atoms with Crippen LogP contribution in [0.1, 0.15) is 54.6 Å². The standard InChI is InChI=1S/C25H33N3O4S/c1-5-19(4)26-25(30)21-8-6-7-9-22(21)27-24(29)20-12-14-28(15-13-20)33(31,32)23-11-10-17(2)16-18(23)3/h6-11,16,19-20H,5,12-15H2,1-4H3,(H,26,30)(H,27,29). The van der Waals surface area contributed by atoms with Crippen molar-refractivity contribution in [3.8, 4) is 0 Å². The normalized spacial score (nSPS) is 16.2. The maximum Gasteiger partial charge on any atom is 0.253 e. The quantitative estimate of drug-likeness (QED) is 0.641. The van der Waals surface area contributed by atoms with Gasteiger partial charge in [0, 0.05) is 25.0 Å². The van der Waals surface area contributed by atoms with Crippen LogP contribution in [0.2, 0.25) is 0 Å². The van der Waals surface area contributed by atoms with Gasteiger partial charge in [-0.2, -0.15) is 4.31 Å². The summed E-state index contributed by atoms with van der Waals surface area (Å²) in [6, 6.07) is 12.3. The highest BCUT2D eigenvalue weighted by molar-refractivity contribution is 7.89. The second kappa shape index (κ2) is 10.5. The number of amides is 2. The summed E-state index contributed by atoms with van der Waals surface area (Å²) in [5, 5.41) is 5.81. The number of carbonyl (C=O) groups is 2. The molecule has 1 aliphatic heterocycles. The van der Waals surface area contributed by atoms with Crippen molar-refractivity contribution in [1.82, 2.24) is 9.62 Å². The fourth-order valence-corrected chi connectivity index (χ4v) is 5.69. The molecule has 3 rings (SSSR count). The number of para-hydroxylation sites is 1. The van der Waals surface area contributed by atoms with Gasteiger partial charge in [-0.05, 0) is 63.8 Å². The molecule has 178 valence electrons. The van der Waals surface area contributed by atoms with Gasteiger partial charge < -0.3 is 10.6 Å². The van der Waals surface area contributed by atoms with Gasteiger partial charge in [0.15, 0.2) is 0 Å². The molecule has 0 bridgehead atoms. The maximum atomic E-state index is 13.1. The molecule has 0 spiro atoms. The molecule has 2 aromatic carbocycles. The molecule has 2 aromatic rings. The summed E-state index contributed by atoms with van der Waals surface area (Å²) in [5.41, 5.74) is 2.62. The van der Waals surface area contributed by atoms with E-state index in [1.54, 1.807) is 43.3 Å². The topological polar surface area (TPSA) is 95.6 Å². The van der Waals surface area contributed by atoms with Crippen LogP contribution in [0.4, 0.5) is 5.69 Å². The lowest BCUT2D eigenvalue weighted by atomic mass is 9.97. The van der Waals surface area contributed by atoms with Gasteiger partial charge in [-0.1, -0.05) is 36.8 Å². The van der Waals surface area contributed by atoms with Crippen LogP contribution in [0.15, 0.2) is 47.4 Å². The summed E-state index contributed by atoms with van der Waals surface area (Å²) in [5.74, 6) is -0.738. The third-order valence-corrected chi connectivity index (χ3v) is 8.25. The van der Waals surface area contributed by atoms with E-state index in [-0.39, 0.29) is 36.9 Å². The molecular formula is C25H33N3O4S. The molecule has 1 unspecified atom stereocenters. The van der Waals surface area contributed by atoms with Crippen LogP contribution >= 0.6 is 0 Å². The molecule has 8 heteroatoms. The van der Waals surface area contributed by atoms with E-state index < -0.39 is 10.0 Å². The molecule has 1 heterocycles. The van der Waals surface area contributed by atoms with Crippen LogP contribution in [0.3, 0.4) is 0 Å². The van der Waals surface area contributed by atoms with E-state index in [1.165, 1.54) is 4.31 Å². The number of anilines is 1. The Morgan fingerprint density at radius 1 is 1.09 bits per heavy atom. The fraction of sp³-hybridized carbons (Fsp3) is 0.440. The first-order valence-corrected chi connectivity index (χ1v) is 12.9. The van der Waals surface area contributed by atoms with Gasteiger partial charge in [-0.3, -0.25) is 9.59 Å². The zero-order chi connectivity index (χ0) is 24.2. The minimum atomic E-state index is -3.60. The van der Waals surface area contributed by atoms with Gasteiger partial charge in [0.1, 0.15) is 0 Å². The number of sulfonamides is 1. The Hall–Kier alpha value is -2.71. The average Bonchev–Trinajstić information content (AvgIpc) is 2.79. The summed E-state index contributed by atoms with van der Waals surface area (Å²) in [6.45, 7) is 8.22. The Morgan fingerprint density at radius 3 is 2.39 bits per heavy atom. The SMILES string of the molecule is CCC(C)NC(=O)c1ccccc1NC(=O)C1CCN(S(=O)(=O)c2ccc(C)cc2C)CC1. The molecule has 0 aliphatic carbocycles. The third kappa shape index (κ3) is 5.81. The van der Waals surface area contributed by atoms with Crippen molar-refractivity contribution in [3.05, 3.63) is 59.2 Å². The highest BCUT2D eigenvalue weighted by atomic mass is 32.2. The van der Waals surface area contributed by atoms with E-state index >= 15 is 0 Å². The molecule has 2 amide bonds. The number of nitrogens with one attached hydrogen (secondary N) is 2. The second-order valence-electron chi connectivity index (χ2n) is 8.76. The number of benzene rings is 2. The molecule has 7 nitrogen and oxygen atoms in total. The molecule has 0 aromatic heterocycles. The summed E-state index contributed by atoms with van der Waals surface area (Å²) >= 11 is 0. The Morgan fingerprint density at radius 2 is 1.76 bits per heavy atom. The molecule has 33 heavy (non-hydrogen) atoms. The van der Waals surface area contributed by atoms with Crippen molar-refractivity contribution in [2.24, 2.45) is 5.92 Å². The average molecular weight is 472 g/mol. The van der Waals surface area contributed by atoms with Crippen LogP contribution in [-0.2, 0) is 14.8 Å². The Kier molecular flexibility index (Phi) is 7.92. The molecule has 1 fully saturated rings. The van der Waals surface area contributed by atoms with E-state index in [9.17, 15) is 18.0 Å². The minimum absolute atomic E-state index is 0.0321. The number of aryl methyl sites for hydroxylation is 2. The van der Waals surface area contributed by atoms with E-state index in [4.69, 9.17) is 0 Å². The number of hydrogen-bond acceptors (Lipinski definition) is 4. The summed E-state index contributed by atoms with van der Waals surface area (Å²) in [6.07, 6.45) is 1.66. The van der Waals surface area contributed by atoms with Gasteiger partial charge in [0.25, 0.3) is 5.91 Å². The number of nitrogens with zero attached hydrogens (tertiary/aromatic N) is 1. The van der Waals surface area contributed by atoms with Crippen LogP contribution < -0.4 is 10.6 Å². The van der Waals surface area contributed by atoms with Crippen molar-refractivity contribution in [2.45, 2.75) is 57.9 Å². The van der Waals surface area contributed by atoms with E-state index in [0.29, 0.717) is 29.0 Å². The van der Waals surface area contributed by atoms with Crippen molar-refractivity contribution in [2.75, 3.05) is 18.4 Å². The van der Waals surface area contributed by atoms with Crippen LogP contribution in [0.5, 0.6) is 0 Å². The number of hydrogen-bond donors (Lipinski definition) is 2. The molecule has 1 saturated heterocycles. The molecule has 2 N–H and O–H groups in total. The summed E-state index contributed by atoms with van der Waals surface area (Å²) in [7, 11) is -3.60. The predicted octanol–water partition coefficient (Wildman–Crippen LogP) is 3.87. The van der Waals surface area contributed by atoms with Crippen molar-refractivity contribution >= 4 is 27.5 Å². The highest BCUT2D eigenvalue weighted by Crippen LogP contribution is 2.27. The number of carbonyl (C=O) groups excluding carboxylic acids is 2. The van der Waals surface area contributed by atoms with Gasteiger partial charge in [-0.25, -0.2) is 8.42 Å². The van der Waals surface area contributed by atoms with Crippen LogP contribution in [0, 0.1) is 19.8 Å². The van der Waals surface area contributed by atoms with Crippen LogP contribution in [-0.4, -0.2) is 43.7 Å². The monoisotopic (exact) mass is 471 g/mol. The Labute approximate surface area is 196 Å². The first kappa shape index (κ1) is 24.9. The summed E-state index contributed by atoms with van der Waals surface area (Å²) < 4.78 is 27.7. The number of rotatable bonds is 7. The second-order valence-corrected chi connectivity index (χ2v) is 10.7. The molecular weight excluding hydrogens is 438 g/mol. The minimum Gasteiger partial charge on any atom is -0.350 e. The smallest absolute Gasteiger partial charge is 0.253 e. The zero-order valence-electron chi connectivity index (χ0n) is 19.7. The number of piperidine rings is 1. The van der Waals surface area contributed by atoms with Crippen LogP contribution in [0.25, 0.3) is 0 Å². The van der Waals surface area contributed by atoms with Gasteiger partial charge in [0.2, 0.25) is 15.9 Å². The lowest BCUT2D eigenvalue weighted by molar-refractivity contribution is -0.120. The van der Waals surface area contributed by atoms with E-state index in [2.05, 4.69) is 10.6 Å². The van der Waals surface area contributed by atoms with Gasteiger partial charge in [-0.15, -0.1) is 0 Å². The largest absolute Gasteiger partial charge is 0.350 e. The lowest BCUT2D eigenvalue weighted by Crippen LogP contribution is -2.41. The Balaban J connectivity index is 1.65. The third-order valence-electron chi connectivity index (χ3n) is 6.19. The fourth-order valence-electron chi connectivity index (χ4n) is 4.01. The maximum absolute atomic E-state index is 13.1. The van der Waals surface area contributed by atoms with Crippen molar-refractivity contribution in [1.29, 1.82) is 0 Å². The van der Waals surface area contributed by atoms with Gasteiger partial charge >= 0.3 is 0 Å². The van der Waals surface area contributed by atoms with Crippen molar-refractivity contribution in [3.63, 3.8) is 0 Å².